The van der Waals surface area contributed by atoms with Gasteiger partial charge in [-0.2, -0.15) is 0 Å². The Morgan fingerprint density at radius 1 is 1.29 bits per heavy atom. The third kappa shape index (κ3) is 5.20. The van der Waals surface area contributed by atoms with Crippen LogP contribution < -0.4 is 5.32 Å². The molecule has 0 aliphatic carbocycles. The predicted octanol–water partition coefficient (Wildman–Crippen LogP) is 3.48. The van der Waals surface area contributed by atoms with Crippen molar-refractivity contribution in [3.05, 3.63) is 42.1 Å². The number of nitrogens with zero attached hydrogens (tertiary/aromatic N) is 1. The van der Waals surface area contributed by atoms with Crippen molar-refractivity contribution in [1.82, 2.24) is 10.3 Å². The number of carbonyl (C=O) groups is 2. The summed E-state index contributed by atoms with van der Waals surface area (Å²) in [6, 6.07) is 8.80. The molecule has 0 saturated carbocycles. The van der Waals surface area contributed by atoms with Gasteiger partial charge in [-0.25, -0.2) is 4.79 Å². The van der Waals surface area contributed by atoms with E-state index in [0.717, 1.165) is 16.5 Å². The molecule has 1 atom stereocenters. The van der Waals surface area contributed by atoms with Gasteiger partial charge < -0.3 is 10.1 Å². The van der Waals surface area contributed by atoms with E-state index in [2.05, 4.69) is 10.3 Å². The molecule has 0 bridgehead atoms. The van der Waals surface area contributed by atoms with Crippen molar-refractivity contribution in [2.45, 2.75) is 38.8 Å². The summed E-state index contributed by atoms with van der Waals surface area (Å²) in [5.74, 6) is -0.427. The summed E-state index contributed by atoms with van der Waals surface area (Å²) in [7, 11) is 0. The zero-order valence-corrected chi connectivity index (χ0v) is 14.8. The maximum atomic E-state index is 12.1. The molecule has 0 aliphatic heterocycles. The van der Waals surface area contributed by atoms with Gasteiger partial charge in [-0.05, 0) is 51.0 Å². The first-order valence-corrected chi connectivity index (χ1v) is 8.24. The van der Waals surface area contributed by atoms with Gasteiger partial charge in [-0.3, -0.25) is 9.78 Å². The zero-order valence-electron chi connectivity index (χ0n) is 14.0. The van der Waals surface area contributed by atoms with Crippen LogP contribution in [0.3, 0.4) is 0 Å². The molecule has 1 N–H and O–H groups in total. The van der Waals surface area contributed by atoms with Crippen LogP contribution >= 0.6 is 11.6 Å². The Hall–Kier alpha value is -2.14. The fourth-order valence-electron chi connectivity index (χ4n) is 2.28. The van der Waals surface area contributed by atoms with E-state index in [0.29, 0.717) is 6.42 Å². The van der Waals surface area contributed by atoms with Crippen molar-refractivity contribution in [1.29, 1.82) is 0 Å². The van der Waals surface area contributed by atoms with Crippen LogP contribution in [0.1, 0.15) is 26.3 Å². The van der Waals surface area contributed by atoms with Crippen molar-refractivity contribution < 1.29 is 14.3 Å². The predicted molar refractivity (Wildman–Crippen MR) is 94.3 cm³/mol. The number of nitrogens with one attached hydrogen (secondary N) is 1. The minimum atomic E-state index is -0.730. The Morgan fingerprint density at radius 3 is 2.71 bits per heavy atom. The first-order valence-electron chi connectivity index (χ1n) is 7.70. The number of amides is 1. The first kappa shape index (κ1) is 18.2. The quantitative estimate of drug-likeness (QED) is 0.840. The van der Waals surface area contributed by atoms with Gasteiger partial charge in [0.2, 0.25) is 0 Å². The smallest absolute Gasteiger partial charge is 0.408 e. The van der Waals surface area contributed by atoms with Gasteiger partial charge in [-0.1, -0.05) is 12.1 Å². The SMILES string of the molecule is CC(C)(C)OC(=O)N[C@@H](Cc1ccc2ncccc2c1)C(=O)CCl. The van der Waals surface area contributed by atoms with E-state index in [1.165, 1.54) is 0 Å². The van der Waals surface area contributed by atoms with E-state index in [9.17, 15) is 9.59 Å². The van der Waals surface area contributed by atoms with E-state index in [4.69, 9.17) is 16.3 Å². The molecule has 0 radical (unpaired) electrons. The number of hydrogen-bond acceptors (Lipinski definition) is 4. The molecule has 2 rings (SSSR count). The molecule has 24 heavy (non-hydrogen) atoms. The largest absolute Gasteiger partial charge is 0.444 e. The Labute approximate surface area is 146 Å². The summed E-state index contributed by atoms with van der Waals surface area (Å²) >= 11 is 5.67. The number of rotatable bonds is 5. The van der Waals surface area contributed by atoms with E-state index in [-0.39, 0.29) is 11.7 Å². The molecule has 0 saturated heterocycles. The second-order valence-corrected chi connectivity index (χ2v) is 6.80. The van der Waals surface area contributed by atoms with Crippen molar-refractivity contribution in [2.24, 2.45) is 0 Å². The summed E-state index contributed by atoms with van der Waals surface area (Å²) in [5, 5.41) is 3.59. The van der Waals surface area contributed by atoms with Crippen molar-refractivity contribution in [3.63, 3.8) is 0 Å². The lowest BCUT2D eigenvalue weighted by atomic mass is 10.0. The number of fused-ring (bicyclic) bond motifs is 1. The molecular weight excluding hydrogens is 328 g/mol. The van der Waals surface area contributed by atoms with Crippen LogP contribution in [0.15, 0.2) is 36.5 Å². The Kier molecular flexibility index (Phi) is 5.78. The van der Waals surface area contributed by atoms with Crippen molar-refractivity contribution in [2.75, 3.05) is 5.88 Å². The number of ketones is 1. The average molecular weight is 349 g/mol. The lowest BCUT2D eigenvalue weighted by Crippen LogP contribution is -2.45. The summed E-state index contributed by atoms with van der Waals surface area (Å²) in [6.45, 7) is 5.30. The summed E-state index contributed by atoms with van der Waals surface area (Å²) < 4.78 is 5.22. The molecule has 0 spiro atoms. The topological polar surface area (TPSA) is 68.3 Å². The number of carbonyl (C=O) groups excluding carboxylic acids is 2. The lowest BCUT2D eigenvalue weighted by Gasteiger charge is -2.23. The Morgan fingerprint density at radius 2 is 2.04 bits per heavy atom. The number of alkyl carbamates (subject to hydrolysis) is 1. The molecule has 5 nitrogen and oxygen atoms in total. The van der Waals surface area contributed by atoms with Gasteiger partial charge in [0, 0.05) is 11.6 Å². The fraction of sp³-hybridized carbons (Fsp3) is 0.389. The van der Waals surface area contributed by atoms with E-state index in [1.54, 1.807) is 27.0 Å². The third-order valence-corrected chi connectivity index (χ3v) is 3.58. The minimum absolute atomic E-state index is 0.171. The fourth-order valence-corrected chi connectivity index (χ4v) is 2.46. The number of halogens is 1. The van der Waals surface area contributed by atoms with Crippen LogP contribution in [0.4, 0.5) is 4.79 Å². The number of benzene rings is 1. The molecule has 1 heterocycles. The maximum Gasteiger partial charge on any atom is 0.408 e. The highest BCUT2D eigenvalue weighted by Gasteiger charge is 2.24. The maximum absolute atomic E-state index is 12.1. The molecule has 0 unspecified atom stereocenters. The molecule has 1 aromatic carbocycles. The van der Waals surface area contributed by atoms with Crippen LogP contribution in [0.2, 0.25) is 0 Å². The summed E-state index contributed by atoms with van der Waals surface area (Å²) in [6.07, 6.45) is 1.44. The second-order valence-electron chi connectivity index (χ2n) is 6.53. The molecule has 1 aromatic heterocycles. The highest BCUT2D eigenvalue weighted by atomic mass is 35.5. The Bertz CT molecular complexity index is 740. The number of hydrogen-bond donors (Lipinski definition) is 1. The van der Waals surface area contributed by atoms with Crippen molar-refractivity contribution >= 4 is 34.4 Å². The molecule has 0 fully saturated rings. The number of ether oxygens (including phenoxy) is 1. The number of aromatic nitrogens is 1. The summed E-state index contributed by atoms with van der Waals surface area (Å²) in [4.78, 5) is 28.3. The molecular formula is C18H21ClN2O3. The monoisotopic (exact) mass is 348 g/mol. The molecule has 2 aromatic rings. The van der Waals surface area contributed by atoms with E-state index in [1.807, 2.05) is 30.3 Å². The first-order chi connectivity index (χ1) is 11.3. The highest BCUT2D eigenvalue weighted by molar-refractivity contribution is 6.28. The van der Waals surface area contributed by atoms with Gasteiger partial charge in [-0.15, -0.1) is 11.6 Å². The standard InChI is InChI=1S/C18H21ClN2O3/c1-18(2,3)24-17(23)21-15(16(22)11-19)10-12-6-7-14-13(9-12)5-4-8-20-14/h4-9,15H,10-11H2,1-3H3,(H,21,23)/t15-/m0/s1. The van der Waals surface area contributed by atoms with E-state index < -0.39 is 17.7 Å². The molecule has 128 valence electrons. The zero-order chi connectivity index (χ0) is 17.7. The van der Waals surface area contributed by atoms with Crippen molar-refractivity contribution in [3.8, 4) is 0 Å². The van der Waals surface area contributed by atoms with Gasteiger partial charge in [0.15, 0.2) is 5.78 Å². The van der Waals surface area contributed by atoms with Gasteiger partial charge in [0.25, 0.3) is 0 Å². The second kappa shape index (κ2) is 7.62. The van der Waals surface area contributed by atoms with E-state index >= 15 is 0 Å². The normalized spacial score (nSPS) is 12.7. The van der Waals surface area contributed by atoms with Crippen LogP contribution in [-0.2, 0) is 16.0 Å². The lowest BCUT2D eigenvalue weighted by molar-refractivity contribution is -0.118. The van der Waals surface area contributed by atoms with Gasteiger partial charge in [0.05, 0.1) is 17.4 Å². The minimum Gasteiger partial charge on any atom is -0.444 e. The number of Topliss-reactive ketones (excluding diaryl/α,β-unsaturated/α-hetero) is 1. The Balaban J connectivity index is 2.15. The van der Waals surface area contributed by atoms with Crippen LogP contribution in [0.25, 0.3) is 10.9 Å². The molecule has 1 amide bonds. The molecule has 0 aliphatic rings. The third-order valence-electron chi connectivity index (χ3n) is 3.32. The van der Waals surface area contributed by atoms with Gasteiger partial charge >= 0.3 is 6.09 Å². The van der Waals surface area contributed by atoms with Crippen LogP contribution in [0.5, 0.6) is 0 Å². The summed E-state index contributed by atoms with van der Waals surface area (Å²) in [5.41, 5.74) is 1.16. The van der Waals surface area contributed by atoms with Crippen LogP contribution in [0, 0.1) is 0 Å². The average Bonchev–Trinajstić information content (AvgIpc) is 2.51. The number of pyridine rings is 1. The van der Waals surface area contributed by atoms with Crippen LogP contribution in [-0.4, -0.2) is 34.4 Å². The highest BCUT2D eigenvalue weighted by Crippen LogP contribution is 2.15. The number of alkyl halides is 1. The van der Waals surface area contributed by atoms with Gasteiger partial charge in [0.1, 0.15) is 5.60 Å². The molecule has 6 heteroatoms.